The van der Waals surface area contributed by atoms with Crippen molar-refractivity contribution >= 4 is 26.9 Å². The number of ether oxygens (including phenoxy) is 1. The van der Waals surface area contributed by atoms with E-state index in [-0.39, 0.29) is 42.6 Å². The predicted octanol–water partition coefficient (Wildman–Crippen LogP) is 5.43. The average molecular weight is 603 g/mol. The maximum atomic E-state index is 14.2. The van der Waals surface area contributed by atoms with Gasteiger partial charge in [-0.05, 0) is 69.4 Å². The van der Waals surface area contributed by atoms with E-state index in [0.717, 1.165) is 29.5 Å². The van der Waals surface area contributed by atoms with Crippen LogP contribution < -0.4 is 5.43 Å². The quantitative estimate of drug-likeness (QED) is 0.240. The molecule has 9 heteroatoms. The highest BCUT2D eigenvalue weighted by molar-refractivity contribution is 7.89. The minimum atomic E-state index is -4.06. The zero-order valence-electron chi connectivity index (χ0n) is 25.1. The lowest BCUT2D eigenvalue weighted by Crippen LogP contribution is -2.45. The van der Waals surface area contributed by atoms with Gasteiger partial charge in [-0.15, -0.1) is 0 Å². The average Bonchev–Trinajstić information content (AvgIpc) is 3.47. The Bertz CT molecular complexity index is 1770. The first kappa shape index (κ1) is 30.7. The number of hydrogen-bond acceptors (Lipinski definition) is 6. The highest BCUT2D eigenvalue weighted by Gasteiger charge is 2.34. The largest absolute Gasteiger partial charge is 0.464 e. The smallest absolute Gasteiger partial charge is 0.244 e. The Hall–Kier alpha value is -3.79. The van der Waals surface area contributed by atoms with E-state index in [1.165, 1.54) is 15.5 Å². The molecule has 1 atom stereocenters. The molecule has 0 N–H and O–H groups in total. The molecule has 8 nitrogen and oxygen atoms in total. The Kier molecular flexibility index (Phi) is 9.15. The van der Waals surface area contributed by atoms with Gasteiger partial charge in [-0.3, -0.25) is 9.59 Å². The van der Waals surface area contributed by atoms with Crippen LogP contribution in [0.15, 0.2) is 81.0 Å². The summed E-state index contributed by atoms with van der Waals surface area (Å²) < 4.78 is 41.3. The van der Waals surface area contributed by atoms with Gasteiger partial charge in [0.2, 0.25) is 15.9 Å². The van der Waals surface area contributed by atoms with Crippen molar-refractivity contribution in [3.63, 3.8) is 0 Å². The molecule has 0 radical (unpaired) electrons. The van der Waals surface area contributed by atoms with Crippen LogP contribution in [-0.2, 0) is 32.6 Å². The molecular formula is C34H38N2O6S. The van der Waals surface area contributed by atoms with Crippen LogP contribution in [0.25, 0.3) is 11.0 Å². The van der Waals surface area contributed by atoms with Crippen LogP contribution in [0.4, 0.5) is 0 Å². The van der Waals surface area contributed by atoms with Crippen LogP contribution in [0.1, 0.15) is 46.2 Å². The predicted molar refractivity (Wildman–Crippen MR) is 166 cm³/mol. The number of fused-ring (bicyclic) bond motifs is 1. The summed E-state index contributed by atoms with van der Waals surface area (Å²) in [7, 11) is -4.06. The minimum Gasteiger partial charge on any atom is -0.464 e. The lowest BCUT2D eigenvalue weighted by molar-refractivity contribution is -0.132. The van der Waals surface area contributed by atoms with E-state index >= 15 is 0 Å². The molecule has 0 saturated carbocycles. The van der Waals surface area contributed by atoms with E-state index in [0.29, 0.717) is 34.3 Å². The molecule has 43 heavy (non-hydrogen) atoms. The Morgan fingerprint density at radius 2 is 1.65 bits per heavy atom. The molecule has 0 spiro atoms. The molecule has 1 aliphatic heterocycles. The third-order valence-corrected chi connectivity index (χ3v) is 9.99. The summed E-state index contributed by atoms with van der Waals surface area (Å²) in [6.45, 7) is 7.79. The molecule has 3 aromatic carbocycles. The fourth-order valence-corrected chi connectivity index (χ4v) is 7.69. The number of nitrogens with zero attached hydrogens (tertiary/aromatic N) is 2. The number of rotatable bonds is 10. The van der Waals surface area contributed by atoms with Gasteiger partial charge in [-0.1, -0.05) is 59.7 Å². The normalized spacial score (nSPS) is 15.3. The Balaban J connectivity index is 1.51. The monoisotopic (exact) mass is 602 g/mol. The molecule has 5 rings (SSSR count). The van der Waals surface area contributed by atoms with Crippen molar-refractivity contribution in [1.82, 2.24) is 9.21 Å². The van der Waals surface area contributed by atoms with Crippen molar-refractivity contribution in [1.29, 1.82) is 0 Å². The number of aryl methyl sites for hydroxylation is 4. The van der Waals surface area contributed by atoms with Crippen molar-refractivity contribution in [2.45, 2.75) is 64.6 Å². The Morgan fingerprint density at radius 1 is 0.930 bits per heavy atom. The number of hydrogen-bond donors (Lipinski definition) is 0. The zero-order chi connectivity index (χ0) is 30.7. The third kappa shape index (κ3) is 6.90. The van der Waals surface area contributed by atoms with E-state index in [2.05, 4.69) is 0 Å². The number of carbonyl (C=O) groups excluding carboxylic acids is 1. The zero-order valence-corrected chi connectivity index (χ0v) is 25.9. The second-order valence-corrected chi connectivity index (χ2v) is 13.4. The molecule has 1 saturated heterocycles. The van der Waals surface area contributed by atoms with E-state index in [1.54, 1.807) is 26.0 Å². The highest BCUT2D eigenvalue weighted by Crippen LogP contribution is 2.27. The van der Waals surface area contributed by atoms with Gasteiger partial charge in [0, 0.05) is 19.7 Å². The summed E-state index contributed by atoms with van der Waals surface area (Å²) in [6.07, 6.45) is 2.65. The summed E-state index contributed by atoms with van der Waals surface area (Å²) in [5, 5.41) is 0.442. The van der Waals surface area contributed by atoms with E-state index in [1.807, 2.05) is 62.4 Å². The summed E-state index contributed by atoms with van der Waals surface area (Å²) in [4.78, 5) is 29.3. The van der Waals surface area contributed by atoms with Crippen molar-refractivity contribution in [3.05, 3.63) is 111 Å². The van der Waals surface area contributed by atoms with Crippen LogP contribution in [-0.4, -0.2) is 49.3 Å². The van der Waals surface area contributed by atoms with Crippen LogP contribution in [0.5, 0.6) is 0 Å². The summed E-state index contributed by atoms with van der Waals surface area (Å²) in [6, 6.07) is 18.5. The lowest BCUT2D eigenvalue weighted by Gasteiger charge is -2.29. The Labute approximate surface area is 252 Å². The number of sulfonamides is 1. The second-order valence-electron chi connectivity index (χ2n) is 11.5. The molecule has 0 aliphatic carbocycles. The maximum Gasteiger partial charge on any atom is 0.244 e. The Morgan fingerprint density at radius 3 is 2.33 bits per heavy atom. The van der Waals surface area contributed by atoms with Gasteiger partial charge in [0.25, 0.3) is 0 Å². The third-order valence-electron chi connectivity index (χ3n) is 7.88. The van der Waals surface area contributed by atoms with Gasteiger partial charge in [0.15, 0.2) is 5.43 Å². The van der Waals surface area contributed by atoms with Crippen LogP contribution in [0.3, 0.4) is 0 Å². The standard InChI is InChI=1S/C34H38N2O6S/c1-23-12-13-31-30(17-23)33(38)28(22-42-31)19-35(18-27-9-6-5-7-10-27)32(37)21-36(20-29-11-8-14-41-29)43(39,40)34-25(3)15-24(2)16-26(34)4/h5-7,9-10,12-13,15-17,22,29H,8,11,14,18-21H2,1-4H3/t29-/m0/s1. The molecule has 226 valence electrons. The van der Waals surface area contributed by atoms with Gasteiger partial charge in [-0.2, -0.15) is 4.31 Å². The SMILES string of the molecule is Cc1cc(C)c(S(=O)(=O)N(CC(=O)N(Cc2ccccc2)Cc2coc3ccc(C)cc3c2=O)C[C@@H]2CCCO2)c(C)c1. The van der Waals surface area contributed by atoms with Gasteiger partial charge in [-0.25, -0.2) is 8.42 Å². The molecule has 1 aromatic heterocycles. The molecule has 4 aromatic rings. The summed E-state index contributed by atoms with van der Waals surface area (Å²) in [5.41, 5.74) is 4.58. The molecule has 0 unspecified atom stereocenters. The van der Waals surface area contributed by atoms with Crippen molar-refractivity contribution in [2.75, 3.05) is 19.7 Å². The van der Waals surface area contributed by atoms with Crippen molar-refractivity contribution in [3.8, 4) is 0 Å². The highest BCUT2D eigenvalue weighted by atomic mass is 32.2. The molecule has 1 aliphatic rings. The van der Waals surface area contributed by atoms with Crippen molar-refractivity contribution in [2.24, 2.45) is 0 Å². The minimum absolute atomic E-state index is 0.0314. The fourth-order valence-electron chi connectivity index (χ4n) is 5.85. The molecule has 2 heterocycles. The lowest BCUT2D eigenvalue weighted by atomic mass is 10.1. The molecule has 1 amide bonds. The van der Waals surface area contributed by atoms with Crippen LogP contribution >= 0.6 is 0 Å². The molecule has 0 bridgehead atoms. The van der Waals surface area contributed by atoms with Gasteiger partial charge in [0.1, 0.15) is 5.58 Å². The van der Waals surface area contributed by atoms with E-state index < -0.39 is 15.9 Å². The second kappa shape index (κ2) is 12.8. The maximum absolute atomic E-state index is 14.2. The first-order valence-corrected chi connectivity index (χ1v) is 16.0. The first-order valence-electron chi connectivity index (χ1n) is 14.6. The van der Waals surface area contributed by atoms with Gasteiger partial charge >= 0.3 is 0 Å². The fraction of sp³-hybridized carbons (Fsp3) is 0.353. The molecular weight excluding hydrogens is 564 g/mol. The summed E-state index contributed by atoms with van der Waals surface area (Å²) >= 11 is 0. The van der Waals surface area contributed by atoms with E-state index in [4.69, 9.17) is 9.15 Å². The summed E-state index contributed by atoms with van der Waals surface area (Å²) in [5.74, 6) is -0.420. The number of amides is 1. The van der Waals surface area contributed by atoms with Crippen LogP contribution in [0.2, 0.25) is 0 Å². The number of carbonyl (C=O) groups is 1. The van der Waals surface area contributed by atoms with Crippen LogP contribution in [0, 0.1) is 27.7 Å². The van der Waals surface area contributed by atoms with Gasteiger partial charge < -0.3 is 14.1 Å². The molecule has 1 fully saturated rings. The number of benzene rings is 3. The van der Waals surface area contributed by atoms with E-state index in [9.17, 15) is 18.0 Å². The first-order chi connectivity index (χ1) is 20.5. The van der Waals surface area contributed by atoms with Gasteiger partial charge in [0.05, 0.1) is 41.3 Å². The topological polar surface area (TPSA) is 97.1 Å². The van der Waals surface area contributed by atoms with Crippen molar-refractivity contribution < 1.29 is 22.4 Å².